The van der Waals surface area contributed by atoms with Crippen molar-refractivity contribution in [2.45, 2.75) is 13.0 Å². The molecule has 20 heavy (non-hydrogen) atoms. The molecule has 1 unspecified atom stereocenters. The molecule has 0 aliphatic heterocycles. The average Bonchev–Trinajstić information content (AvgIpc) is 2.84. The normalized spacial score (nSPS) is 12.1. The Balaban J connectivity index is 2.24. The molecule has 0 spiro atoms. The van der Waals surface area contributed by atoms with Crippen molar-refractivity contribution in [3.8, 4) is 0 Å². The Bertz CT molecular complexity index is 577. The summed E-state index contributed by atoms with van der Waals surface area (Å²) >= 11 is 0. The van der Waals surface area contributed by atoms with Gasteiger partial charge < -0.3 is 20.1 Å². The first-order valence-corrected chi connectivity index (χ1v) is 6.23. The molecule has 0 radical (unpaired) electrons. The first kappa shape index (κ1) is 14.0. The summed E-state index contributed by atoms with van der Waals surface area (Å²) < 4.78 is 1.85. The topological polar surface area (TPSA) is 96.7 Å². The molecule has 0 fully saturated rings. The summed E-state index contributed by atoms with van der Waals surface area (Å²) in [6.45, 7) is 1.97. The minimum atomic E-state index is -0.0652. The molecule has 2 rings (SSSR count). The van der Waals surface area contributed by atoms with Crippen molar-refractivity contribution in [1.82, 2.24) is 29.7 Å². The average molecular weight is 277 g/mol. The number of rotatable bonds is 5. The van der Waals surface area contributed by atoms with Crippen LogP contribution in [0.1, 0.15) is 18.8 Å². The highest BCUT2D eigenvalue weighted by Crippen LogP contribution is 2.16. The van der Waals surface area contributed by atoms with Crippen LogP contribution >= 0.6 is 0 Å². The van der Waals surface area contributed by atoms with E-state index in [-0.39, 0.29) is 6.04 Å². The number of aryl methyl sites for hydroxylation is 1. The molecule has 1 atom stereocenters. The van der Waals surface area contributed by atoms with Crippen LogP contribution in [0.4, 0.5) is 17.8 Å². The van der Waals surface area contributed by atoms with E-state index in [0.717, 1.165) is 5.82 Å². The third-order valence-corrected chi connectivity index (χ3v) is 2.73. The standard InChI is InChI=1S/C11H19N9/c1-7(8-18-13-6-20(8)5)14-10-15-9(12-2)16-11(17-10)19(3)4/h6-7H,1-5H3,(H2,12,14,15,16,17). The van der Waals surface area contributed by atoms with E-state index in [0.29, 0.717) is 17.8 Å². The monoisotopic (exact) mass is 277 g/mol. The molecule has 0 aliphatic carbocycles. The van der Waals surface area contributed by atoms with Crippen LogP contribution in [0.15, 0.2) is 6.33 Å². The minimum absolute atomic E-state index is 0.0652. The van der Waals surface area contributed by atoms with Gasteiger partial charge in [0.2, 0.25) is 17.8 Å². The van der Waals surface area contributed by atoms with E-state index < -0.39 is 0 Å². The molecule has 0 bridgehead atoms. The first-order valence-electron chi connectivity index (χ1n) is 6.23. The van der Waals surface area contributed by atoms with E-state index in [2.05, 4.69) is 35.8 Å². The van der Waals surface area contributed by atoms with Crippen molar-refractivity contribution in [2.24, 2.45) is 7.05 Å². The molecule has 0 saturated carbocycles. The van der Waals surface area contributed by atoms with Gasteiger partial charge in [0.1, 0.15) is 6.33 Å². The predicted molar refractivity (Wildman–Crippen MR) is 76.7 cm³/mol. The lowest BCUT2D eigenvalue weighted by Gasteiger charge is -2.16. The van der Waals surface area contributed by atoms with E-state index in [1.165, 1.54) is 0 Å². The number of hydrogen-bond acceptors (Lipinski definition) is 8. The Labute approximate surface area is 117 Å². The van der Waals surface area contributed by atoms with Gasteiger partial charge in [-0.25, -0.2) is 0 Å². The second-order valence-corrected chi connectivity index (χ2v) is 4.59. The largest absolute Gasteiger partial charge is 0.357 e. The van der Waals surface area contributed by atoms with Crippen molar-refractivity contribution in [1.29, 1.82) is 0 Å². The number of anilines is 3. The van der Waals surface area contributed by atoms with Gasteiger partial charge in [-0.05, 0) is 6.92 Å². The molecule has 2 N–H and O–H groups in total. The molecule has 9 nitrogen and oxygen atoms in total. The van der Waals surface area contributed by atoms with Gasteiger partial charge in [-0.15, -0.1) is 10.2 Å². The maximum absolute atomic E-state index is 4.36. The third-order valence-electron chi connectivity index (χ3n) is 2.73. The lowest BCUT2D eigenvalue weighted by molar-refractivity contribution is 0.711. The number of aromatic nitrogens is 6. The van der Waals surface area contributed by atoms with Gasteiger partial charge in [0.25, 0.3) is 0 Å². The summed E-state index contributed by atoms with van der Waals surface area (Å²) in [5.41, 5.74) is 0. The SMILES string of the molecule is CNc1nc(NC(C)c2nncn2C)nc(N(C)C)n1. The van der Waals surface area contributed by atoms with Crippen molar-refractivity contribution in [2.75, 3.05) is 36.7 Å². The summed E-state index contributed by atoms with van der Waals surface area (Å²) in [7, 11) is 7.42. The van der Waals surface area contributed by atoms with E-state index >= 15 is 0 Å². The van der Waals surface area contributed by atoms with Crippen LogP contribution in [-0.2, 0) is 7.05 Å². The van der Waals surface area contributed by atoms with Gasteiger partial charge in [0, 0.05) is 28.2 Å². The molecular weight excluding hydrogens is 258 g/mol. The van der Waals surface area contributed by atoms with Crippen LogP contribution in [0.5, 0.6) is 0 Å². The minimum Gasteiger partial charge on any atom is -0.357 e. The number of nitrogens with one attached hydrogen (secondary N) is 2. The molecule has 2 aromatic heterocycles. The highest BCUT2D eigenvalue weighted by atomic mass is 15.3. The van der Waals surface area contributed by atoms with E-state index in [9.17, 15) is 0 Å². The Hall–Kier alpha value is -2.45. The van der Waals surface area contributed by atoms with Crippen molar-refractivity contribution < 1.29 is 0 Å². The molecule has 0 amide bonds. The Morgan fingerprint density at radius 3 is 2.45 bits per heavy atom. The fourth-order valence-corrected chi connectivity index (χ4v) is 1.68. The maximum atomic E-state index is 4.36. The summed E-state index contributed by atoms with van der Waals surface area (Å²) in [5.74, 6) is 2.39. The second-order valence-electron chi connectivity index (χ2n) is 4.59. The lowest BCUT2D eigenvalue weighted by Crippen LogP contribution is -2.18. The zero-order valence-corrected chi connectivity index (χ0v) is 12.3. The highest BCUT2D eigenvalue weighted by Gasteiger charge is 2.14. The molecular formula is C11H19N9. The fourth-order valence-electron chi connectivity index (χ4n) is 1.68. The molecule has 0 aromatic carbocycles. The Morgan fingerprint density at radius 1 is 1.20 bits per heavy atom. The molecule has 9 heteroatoms. The van der Waals surface area contributed by atoms with Gasteiger partial charge >= 0.3 is 0 Å². The zero-order chi connectivity index (χ0) is 14.7. The van der Waals surface area contributed by atoms with Gasteiger partial charge in [-0.2, -0.15) is 15.0 Å². The van der Waals surface area contributed by atoms with Crippen molar-refractivity contribution in [3.05, 3.63) is 12.2 Å². The van der Waals surface area contributed by atoms with E-state index in [1.54, 1.807) is 13.4 Å². The smallest absolute Gasteiger partial charge is 0.231 e. The fraction of sp³-hybridized carbons (Fsp3) is 0.545. The summed E-state index contributed by atoms with van der Waals surface area (Å²) in [5, 5.41) is 14.1. The van der Waals surface area contributed by atoms with E-state index in [4.69, 9.17) is 0 Å². The highest BCUT2D eigenvalue weighted by molar-refractivity contribution is 5.43. The summed E-state index contributed by atoms with van der Waals surface area (Å²) in [6.07, 6.45) is 1.66. The van der Waals surface area contributed by atoms with Gasteiger partial charge in [-0.3, -0.25) is 0 Å². The van der Waals surface area contributed by atoms with Gasteiger partial charge in [-0.1, -0.05) is 0 Å². The van der Waals surface area contributed by atoms with Crippen molar-refractivity contribution in [3.63, 3.8) is 0 Å². The van der Waals surface area contributed by atoms with Crippen LogP contribution in [0, 0.1) is 0 Å². The van der Waals surface area contributed by atoms with Crippen molar-refractivity contribution >= 4 is 17.8 Å². The van der Waals surface area contributed by atoms with Crippen LogP contribution in [0.3, 0.4) is 0 Å². The summed E-state index contributed by atoms with van der Waals surface area (Å²) in [4.78, 5) is 14.7. The molecule has 2 heterocycles. The third kappa shape index (κ3) is 2.92. The quantitative estimate of drug-likeness (QED) is 0.804. The van der Waals surface area contributed by atoms with Gasteiger partial charge in [0.15, 0.2) is 5.82 Å². The molecule has 108 valence electrons. The van der Waals surface area contributed by atoms with E-state index in [1.807, 2.05) is 37.5 Å². The molecule has 2 aromatic rings. The number of hydrogen-bond donors (Lipinski definition) is 2. The molecule has 0 saturated heterocycles. The number of nitrogens with zero attached hydrogens (tertiary/aromatic N) is 7. The van der Waals surface area contributed by atoms with Crippen LogP contribution in [-0.4, -0.2) is 50.9 Å². The lowest BCUT2D eigenvalue weighted by atomic mass is 10.3. The first-order chi connectivity index (χ1) is 9.51. The van der Waals surface area contributed by atoms with Crippen LogP contribution in [0.25, 0.3) is 0 Å². The summed E-state index contributed by atoms with van der Waals surface area (Å²) in [6, 6.07) is -0.0652. The Kier molecular flexibility index (Phi) is 3.97. The van der Waals surface area contributed by atoms with Crippen LogP contribution < -0.4 is 15.5 Å². The second kappa shape index (κ2) is 5.68. The zero-order valence-electron chi connectivity index (χ0n) is 12.3. The predicted octanol–water partition coefficient (Wildman–Crippen LogP) is 0.281. The maximum Gasteiger partial charge on any atom is 0.231 e. The van der Waals surface area contributed by atoms with Gasteiger partial charge in [0.05, 0.1) is 6.04 Å². The van der Waals surface area contributed by atoms with Crippen LogP contribution in [0.2, 0.25) is 0 Å². The molecule has 0 aliphatic rings. The Morgan fingerprint density at radius 2 is 1.90 bits per heavy atom.